The Bertz CT molecular complexity index is 833. The Morgan fingerprint density at radius 1 is 1.15 bits per heavy atom. The first-order valence-corrected chi connectivity index (χ1v) is 8.60. The molecule has 1 aliphatic rings. The molecule has 2 amide bonds. The Kier molecular flexibility index (Phi) is 5.65. The van der Waals surface area contributed by atoms with Gasteiger partial charge in [0, 0.05) is 36.5 Å². The SMILES string of the molecule is O=C(CCOc1ccc([N+](=O)[O-])cc1)Nc1ccc(N2CCCC2=O)cc1. The second-order valence-electron chi connectivity index (χ2n) is 6.09. The first-order chi connectivity index (χ1) is 13.0. The van der Waals surface area contributed by atoms with E-state index in [9.17, 15) is 19.7 Å². The molecule has 0 saturated carbocycles. The molecular weight excluding hydrogens is 350 g/mol. The van der Waals surface area contributed by atoms with Gasteiger partial charge in [0.15, 0.2) is 0 Å². The zero-order valence-electron chi connectivity index (χ0n) is 14.6. The number of amides is 2. The van der Waals surface area contributed by atoms with Gasteiger partial charge >= 0.3 is 0 Å². The highest BCUT2D eigenvalue weighted by atomic mass is 16.6. The lowest BCUT2D eigenvalue weighted by Crippen LogP contribution is -2.23. The summed E-state index contributed by atoms with van der Waals surface area (Å²) in [6, 6.07) is 12.8. The number of rotatable bonds is 7. The summed E-state index contributed by atoms with van der Waals surface area (Å²) in [6.45, 7) is 0.883. The van der Waals surface area contributed by atoms with E-state index < -0.39 is 4.92 Å². The Morgan fingerprint density at radius 3 is 2.44 bits per heavy atom. The van der Waals surface area contributed by atoms with Crippen molar-refractivity contribution < 1.29 is 19.2 Å². The molecule has 0 bridgehead atoms. The molecule has 0 radical (unpaired) electrons. The van der Waals surface area contributed by atoms with Crippen molar-refractivity contribution in [1.82, 2.24) is 0 Å². The van der Waals surface area contributed by atoms with Crippen LogP contribution in [0.15, 0.2) is 48.5 Å². The Labute approximate surface area is 155 Å². The normalized spacial score (nSPS) is 13.5. The number of hydrogen-bond acceptors (Lipinski definition) is 5. The summed E-state index contributed by atoms with van der Waals surface area (Å²) in [7, 11) is 0. The molecular formula is C19H19N3O5. The lowest BCUT2D eigenvalue weighted by atomic mass is 10.2. The average Bonchev–Trinajstić information content (AvgIpc) is 3.09. The van der Waals surface area contributed by atoms with Crippen LogP contribution in [0.4, 0.5) is 17.1 Å². The van der Waals surface area contributed by atoms with Crippen molar-refractivity contribution >= 4 is 28.9 Å². The van der Waals surface area contributed by atoms with E-state index in [0.717, 1.165) is 18.7 Å². The highest BCUT2D eigenvalue weighted by Gasteiger charge is 2.21. The van der Waals surface area contributed by atoms with Crippen LogP contribution in [0.2, 0.25) is 0 Å². The van der Waals surface area contributed by atoms with Gasteiger partial charge in [0.25, 0.3) is 5.69 Å². The molecule has 8 heteroatoms. The average molecular weight is 369 g/mol. The third-order valence-corrected chi connectivity index (χ3v) is 4.18. The van der Waals surface area contributed by atoms with Gasteiger partial charge in [-0.15, -0.1) is 0 Å². The first-order valence-electron chi connectivity index (χ1n) is 8.60. The van der Waals surface area contributed by atoms with Crippen LogP contribution in [-0.4, -0.2) is 29.9 Å². The lowest BCUT2D eigenvalue weighted by molar-refractivity contribution is -0.384. The van der Waals surface area contributed by atoms with Crippen LogP contribution in [0.3, 0.4) is 0 Å². The van der Waals surface area contributed by atoms with Gasteiger partial charge in [0.2, 0.25) is 11.8 Å². The zero-order valence-corrected chi connectivity index (χ0v) is 14.6. The fourth-order valence-corrected chi connectivity index (χ4v) is 2.80. The lowest BCUT2D eigenvalue weighted by Gasteiger charge is -2.16. The van der Waals surface area contributed by atoms with E-state index in [0.29, 0.717) is 17.9 Å². The summed E-state index contributed by atoms with van der Waals surface area (Å²) in [5, 5.41) is 13.4. The van der Waals surface area contributed by atoms with Crippen molar-refractivity contribution in [2.24, 2.45) is 0 Å². The van der Waals surface area contributed by atoms with Crippen molar-refractivity contribution in [1.29, 1.82) is 0 Å². The monoisotopic (exact) mass is 369 g/mol. The highest BCUT2D eigenvalue weighted by Crippen LogP contribution is 2.23. The van der Waals surface area contributed by atoms with Crippen molar-refractivity contribution in [2.45, 2.75) is 19.3 Å². The third kappa shape index (κ3) is 4.81. The molecule has 1 aliphatic heterocycles. The number of nitro groups is 1. The maximum atomic E-state index is 12.0. The topological polar surface area (TPSA) is 102 Å². The number of non-ortho nitro benzene ring substituents is 1. The Hall–Kier alpha value is -3.42. The molecule has 0 atom stereocenters. The second-order valence-corrected chi connectivity index (χ2v) is 6.09. The van der Waals surface area contributed by atoms with Gasteiger partial charge in [-0.3, -0.25) is 19.7 Å². The molecule has 0 aromatic heterocycles. The maximum Gasteiger partial charge on any atom is 0.269 e. The number of nitrogens with one attached hydrogen (secondary N) is 1. The third-order valence-electron chi connectivity index (χ3n) is 4.18. The number of anilines is 2. The van der Waals surface area contributed by atoms with Gasteiger partial charge in [0.05, 0.1) is 18.0 Å². The predicted octanol–water partition coefficient (Wildman–Crippen LogP) is 3.13. The summed E-state index contributed by atoms with van der Waals surface area (Å²) in [4.78, 5) is 35.6. The molecule has 1 heterocycles. The molecule has 1 N–H and O–H groups in total. The quantitative estimate of drug-likeness (QED) is 0.597. The molecule has 2 aromatic carbocycles. The smallest absolute Gasteiger partial charge is 0.269 e. The van der Waals surface area contributed by atoms with Crippen LogP contribution in [0.5, 0.6) is 5.75 Å². The number of benzene rings is 2. The minimum Gasteiger partial charge on any atom is -0.493 e. The van der Waals surface area contributed by atoms with Crippen molar-refractivity contribution in [2.75, 3.05) is 23.4 Å². The van der Waals surface area contributed by atoms with Crippen LogP contribution < -0.4 is 15.0 Å². The molecule has 1 saturated heterocycles. The summed E-state index contributed by atoms with van der Waals surface area (Å²) in [5.74, 6) is 0.380. The standard InChI is InChI=1S/C19H19N3O5/c23-18(11-13-27-17-9-7-16(8-10-17)22(25)26)20-14-3-5-15(6-4-14)21-12-1-2-19(21)24/h3-10H,1-2,11-13H2,(H,20,23). The summed E-state index contributed by atoms with van der Waals surface area (Å²) >= 11 is 0. The van der Waals surface area contributed by atoms with Crippen molar-refractivity contribution in [3.8, 4) is 5.75 Å². The largest absolute Gasteiger partial charge is 0.493 e. The summed E-state index contributed by atoms with van der Waals surface area (Å²) in [5.41, 5.74) is 1.46. The van der Waals surface area contributed by atoms with E-state index in [1.807, 2.05) is 12.1 Å². The number of nitrogens with zero attached hydrogens (tertiary/aromatic N) is 2. The van der Waals surface area contributed by atoms with Crippen molar-refractivity contribution in [3.05, 3.63) is 58.6 Å². The molecule has 2 aromatic rings. The van der Waals surface area contributed by atoms with E-state index in [4.69, 9.17) is 4.74 Å². The van der Waals surface area contributed by atoms with Crippen LogP contribution >= 0.6 is 0 Å². The number of ether oxygens (including phenoxy) is 1. The zero-order chi connectivity index (χ0) is 19.2. The second kappa shape index (κ2) is 8.31. The van der Waals surface area contributed by atoms with E-state index in [1.165, 1.54) is 24.3 Å². The van der Waals surface area contributed by atoms with Gasteiger partial charge < -0.3 is 15.0 Å². The Morgan fingerprint density at radius 2 is 1.85 bits per heavy atom. The van der Waals surface area contributed by atoms with Crippen LogP contribution in [-0.2, 0) is 9.59 Å². The minimum atomic E-state index is -0.484. The molecule has 0 aliphatic carbocycles. The van der Waals surface area contributed by atoms with Gasteiger partial charge in [0.1, 0.15) is 5.75 Å². The molecule has 0 spiro atoms. The van der Waals surface area contributed by atoms with Gasteiger partial charge in [-0.25, -0.2) is 0 Å². The molecule has 0 unspecified atom stereocenters. The predicted molar refractivity (Wildman–Crippen MR) is 99.9 cm³/mol. The fraction of sp³-hybridized carbons (Fsp3) is 0.263. The van der Waals surface area contributed by atoms with Crippen LogP contribution in [0, 0.1) is 10.1 Å². The van der Waals surface area contributed by atoms with Crippen LogP contribution in [0.25, 0.3) is 0 Å². The molecule has 8 nitrogen and oxygen atoms in total. The van der Waals surface area contributed by atoms with Crippen molar-refractivity contribution in [3.63, 3.8) is 0 Å². The number of hydrogen-bond donors (Lipinski definition) is 1. The van der Waals surface area contributed by atoms with E-state index in [1.54, 1.807) is 17.0 Å². The van der Waals surface area contributed by atoms with Gasteiger partial charge in [-0.2, -0.15) is 0 Å². The molecule has 1 fully saturated rings. The first kappa shape index (κ1) is 18.4. The molecule has 27 heavy (non-hydrogen) atoms. The molecule has 140 valence electrons. The summed E-state index contributed by atoms with van der Waals surface area (Å²) in [6.07, 6.45) is 1.59. The summed E-state index contributed by atoms with van der Waals surface area (Å²) < 4.78 is 5.42. The minimum absolute atomic E-state index is 0.0147. The number of nitro benzene ring substituents is 1. The molecule has 3 rings (SSSR count). The maximum absolute atomic E-state index is 12.0. The Balaban J connectivity index is 1.45. The van der Waals surface area contributed by atoms with Gasteiger partial charge in [-0.1, -0.05) is 0 Å². The highest BCUT2D eigenvalue weighted by molar-refractivity contribution is 5.96. The number of carbonyl (C=O) groups excluding carboxylic acids is 2. The van der Waals surface area contributed by atoms with E-state index in [-0.39, 0.29) is 30.5 Å². The van der Waals surface area contributed by atoms with Gasteiger partial charge in [-0.05, 0) is 42.8 Å². The fourth-order valence-electron chi connectivity index (χ4n) is 2.80. The number of carbonyl (C=O) groups is 2. The van der Waals surface area contributed by atoms with Crippen LogP contribution in [0.1, 0.15) is 19.3 Å². The van der Waals surface area contributed by atoms with E-state index >= 15 is 0 Å². The van der Waals surface area contributed by atoms with E-state index in [2.05, 4.69) is 5.32 Å².